The maximum absolute atomic E-state index is 12.9. The van der Waals surface area contributed by atoms with Crippen LogP contribution in [0.2, 0.25) is 5.02 Å². The number of amides is 1. The van der Waals surface area contributed by atoms with Crippen LogP contribution in [0.25, 0.3) is 22.2 Å². The van der Waals surface area contributed by atoms with Crippen LogP contribution in [0, 0.1) is 0 Å². The maximum atomic E-state index is 12.9. The van der Waals surface area contributed by atoms with Gasteiger partial charge in [0.2, 0.25) is 0 Å². The molecule has 1 amide bonds. The molecular formula is C30H30ClN5O. The number of carbonyl (C=O) groups is 1. The van der Waals surface area contributed by atoms with Gasteiger partial charge in [-0.25, -0.2) is 4.98 Å². The van der Waals surface area contributed by atoms with Crippen LogP contribution in [0.4, 0.5) is 11.5 Å². The number of anilines is 2. The number of halogens is 1. The van der Waals surface area contributed by atoms with E-state index in [1.807, 2.05) is 72.9 Å². The number of benzene rings is 3. The molecule has 37 heavy (non-hydrogen) atoms. The molecule has 3 aromatic carbocycles. The van der Waals surface area contributed by atoms with E-state index < -0.39 is 0 Å². The molecule has 0 unspecified atom stereocenters. The highest BCUT2D eigenvalue weighted by Gasteiger charge is 2.28. The average Bonchev–Trinajstić information content (AvgIpc) is 3.62. The summed E-state index contributed by atoms with van der Waals surface area (Å²) in [7, 11) is 0. The van der Waals surface area contributed by atoms with Crippen molar-refractivity contribution in [3.8, 4) is 11.1 Å². The zero-order valence-corrected chi connectivity index (χ0v) is 21.5. The third-order valence-electron chi connectivity index (χ3n) is 7.45. The van der Waals surface area contributed by atoms with Gasteiger partial charge in [-0.05, 0) is 92.4 Å². The predicted molar refractivity (Wildman–Crippen MR) is 150 cm³/mol. The molecule has 0 bridgehead atoms. The summed E-state index contributed by atoms with van der Waals surface area (Å²) in [4.78, 5) is 27.5. The van der Waals surface area contributed by atoms with Gasteiger partial charge < -0.3 is 15.1 Å². The Kier molecular flexibility index (Phi) is 6.77. The van der Waals surface area contributed by atoms with Gasteiger partial charge in [-0.3, -0.25) is 9.78 Å². The molecule has 4 aromatic rings. The normalized spacial score (nSPS) is 18.0. The standard InChI is InChI=1S/C30H30ClN5O/c31-24-11-9-22(10-12-24)21-5-7-23(8-6-21)30(37)33-25-13-14-27-28(18-25)32-19-29(34-27)36-17-3-4-26(36)20-35-15-1-2-16-35/h5-14,18-19,26H,1-4,15-17,20H2,(H,33,37)/t26-/m0/s1. The van der Waals surface area contributed by atoms with Crippen molar-refractivity contribution < 1.29 is 4.79 Å². The molecule has 6 rings (SSSR count). The maximum Gasteiger partial charge on any atom is 0.255 e. The van der Waals surface area contributed by atoms with Crippen molar-refractivity contribution in [2.75, 3.05) is 36.4 Å². The lowest BCUT2D eigenvalue weighted by Crippen LogP contribution is -2.39. The monoisotopic (exact) mass is 511 g/mol. The van der Waals surface area contributed by atoms with Crippen molar-refractivity contribution in [1.82, 2.24) is 14.9 Å². The van der Waals surface area contributed by atoms with Gasteiger partial charge in [0, 0.05) is 35.4 Å². The lowest BCUT2D eigenvalue weighted by molar-refractivity contribution is 0.102. The fraction of sp³-hybridized carbons (Fsp3) is 0.300. The van der Waals surface area contributed by atoms with Crippen molar-refractivity contribution >= 4 is 40.0 Å². The Morgan fingerprint density at radius 1 is 0.892 bits per heavy atom. The van der Waals surface area contributed by atoms with Crippen LogP contribution in [0.3, 0.4) is 0 Å². The molecule has 3 heterocycles. The van der Waals surface area contributed by atoms with E-state index in [1.54, 1.807) is 0 Å². The molecule has 2 aliphatic heterocycles. The Hall–Kier alpha value is -3.48. The first-order valence-corrected chi connectivity index (χ1v) is 13.4. The van der Waals surface area contributed by atoms with E-state index in [0.29, 0.717) is 22.3 Å². The molecule has 188 valence electrons. The second-order valence-corrected chi connectivity index (χ2v) is 10.4. The summed E-state index contributed by atoms with van der Waals surface area (Å²) in [5.74, 6) is 0.792. The van der Waals surface area contributed by atoms with Crippen LogP contribution in [0.1, 0.15) is 36.0 Å². The Labute approximate surface area is 222 Å². The molecule has 0 aliphatic carbocycles. The quantitative estimate of drug-likeness (QED) is 0.330. The van der Waals surface area contributed by atoms with Crippen LogP contribution in [0.5, 0.6) is 0 Å². The fourth-order valence-corrected chi connectivity index (χ4v) is 5.59. The van der Waals surface area contributed by atoms with E-state index >= 15 is 0 Å². The molecule has 6 nitrogen and oxygen atoms in total. The van der Waals surface area contributed by atoms with Gasteiger partial charge >= 0.3 is 0 Å². The summed E-state index contributed by atoms with van der Waals surface area (Å²) in [5.41, 5.74) is 5.00. The summed E-state index contributed by atoms with van der Waals surface area (Å²) >= 11 is 5.99. The number of nitrogens with zero attached hydrogens (tertiary/aromatic N) is 4. The second kappa shape index (κ2) is 10.5. The zero-order chi connectivity index (χ0) is 25.2. The second-order valence-electron chi connectivity index (χ2n) is 9.97. The minimum Gasteiger partial charge on any atom is -0.351 e. The topological polar surface area (TPSA) is 61.4 Å². The number of aromatic nitrogens is 2. The van der Waals surface area contributed by atoms with Crippen LogP contribution < -0.4 is 10.2 Å². The first kappa shape index (κ1) is 23.9. The lowest BCUT2D eigenvalue weighted by Gasteiger charge is -2.29. The molecule has 0 spiro atoms. The van der Waals surface area contributed by atoms with Crippen LogP contribution >= 0.6 is 11.6 Å². The number of fused-ring (bicyclic) bond motifs is 1. The molecule has 0 radical (unpaired) electrons. The molecular weight excluding hydrogens is 482 g/mol. The number of likely N-dealkylation sites (tertiary alicyclic amines) is 1. The van der Waals surface area contributed by atoms with Crippen molar-refractivity contribution in [3.63, 3.8) is 0 Å². The number of nitrogens with one attached hydrogen (secondary N) is 1. The van der Waals surface area contributed by atoms with Gasteiger partial charge in [0.05, 0.1) is 17.2 Å². The first-order valence-electron chi connectivity index (χ1n) is 13.1. The fourth-order valence-electron chi connectivity index (χ4n) is 5.47. The molecule has 1 atom stereocenters. The van der Waals surface area contributed by atoms with Crippen LogP contribution in [0.15, 0.2) is 72.9 Å². The molecule has 2 saturated heterocycles. The Balaban J connectivity index is 1.14. The Bertz CT molecular complexity index is 1400. The van der Waals surface area contributed by atoms with Crippen molar-refractivity contribution in [3.05, 3.63) is 83.5 Å². The molecule has 7 heteroatoms. The largest absolute Gasteiger partial charge is 0.351 e. The van der Waals surface area contributed by atoms with Gasteiger partial charge in [-0.1, -0.05) is 35.9 Å². The number of carbonyl (C=O) groups excluding carboxylic acids is 1. The summed E-state index contributed by atoms with van der Waals surface area (Å²) in [6.45, 7) is 4.58. The number of hydrogen-bond donors (Lipinski definition) is 1. The van der Waals surface area contributed by atoms with Gasteiger partial charge in [0.1, 0.15) is 5.82 Å². The Morgan fingerprint density at radius 2 is 1.62 bits per heavy atom. The third-order valence-corrected chi connectivity index (χ3v) is 7.70. The number of hydrogen-bond acceptors (Lipinski definition) is 5. The van der Waals surface area contributed by atoms with Gasteiger partial charge in [0.15, 0.2) is 0 Å². The van der Waals surface area contributed by atoms with Gasteiger partial charge in [0.25, 0.3) is 5.91 Å². The molecule has 1 N–H and O–H groups in total. The summed E-state index contributed by atoms with van der Waals surface area (Å²) in [5, 5.41) is 3.70. The smallest absolute Gasteiger partial charge is 0.255 e. The molecule has 2 fully saturated rings. The first-order chi connectivity index (χ1) is 18.1. The molecule has 2 aliphatic rings. The van der Waals surface area contributed by atoms with E-state index in [1.165, 1.54) is 38.8 Å². The van der Waals surface area contributed by atoms with E-state index in [2.05, 4.69) is 15.1 Å². The average molecular weight is 512 g/mol. The number of rotatable bonds is 6. The van der Waals surface area contributed by atoms with Crippen molar-refractivity contribution in [1.29, 1.82) is 0 Å². The molecule has 0 saturated carbocycles. The summed E-state index contributed by atoms with van der Waals surface area (Å²) < 4.78 is 0. The SMILES string of the molecule is O=C(Nc1ccc2nc(N3CCC[C@H]3CN3CCCC3)cnc2c1)c1ccc(-c2ccc(Cl)cc2)cc1. The minimum absolute atomic E-state index is 0.159. The summed E-state index contributed by atoms with van der Waals surface area (Å²) in [6, 6.07) is 21.5. The Morgan fingerprint density at radius 3 is 2.38 bits per heavy atom. The van der Waals surface area contributed by atoms with E-state index in [0.717, 1.165) is 41.1 Å². The van der Waals surface area contributed by atoms with Crippen LogP contribution in [-0.2, 0) is 0 Å². The highest BCUT2D eigenvalue weighted by Crippen LogP contribution is 2.27. The highest BCUT2D eigenvalue weighted by atomic mass is 35.5. The van der Waals surface area contributed by atoms with Crippen molar-refractivity contribution in [2.24, 2.45) is 0 Å². The van der Waals surface area contributed by atoms with Gasteiger partial charge in [-0.15, -0.1) is 0 Å². The lowest BCUT2D eigenvalue weighted by atomic mass is 10.0. The van der Waals surface area contributed by atoms with E-state index in [-0.39, 0.29) is 5.91 Å². The van der Waals surface area contributed by atoms with Crippen LogP contribution in [-0.4, -0.2) is 53.0 Å². The minimum atomic E-state index is -0.159. The molecule has 1 aromatic heterocycles. The highest BCUT2D eigenvalue weighted by molar-refractivity contribution is 6.30. The zero-order valence-electron chi connectivity index (χ0n) is 20.7. The summed E-state index contributed by atoms with van der Waals surface area (Å²) in [6.07, 6.45) is 6.92. The third kappa shape index (κ3) is 5.31. The van der Waals surface area contributed by atoms with E-state index in [4.69, 9.17) is 21.6 Å². The van der Waals surface area contributed by atoms with Gasteiger partial charge in [-0.2, -0.15) is 0 Å². The van der Waals surface area contributed by atoms with E-state index in [9.17, 15) is 4.79 Å². The van der Waals surface area contributed by atoms with Crippen molar-refractivity contribution in [2.45, 2.75) is 31.7 Å². The predicted octanol–water partition coefficient (Wildman–Crippen LogP) is 6.27.